The Balaban J connectivity index is 2.11. The predicted molar refractivity (Wildman–Crippen MR) is 151 cm³/mol. The van der Waals surface area contributed by atoms with Gasteiger partial charge in [0.05, 0.1) is 19.3 Å². The summed E-state index contributed by atoms with van der Waals surface area (Å²) in [4.78, 5) is 51.8. The Morgan fingerprint density at radius 2 is 1.40 bits per heavy atom. The van der Waals surface area contributed by atoms with Crippen LogP contribution in [0.5, 0.6) is 0 Å². The fraction of sp³-hybridized carbons (Fsp3) is 0.419. The third kappa shape index (κ3) is 11.8. The first-order chi connectivity index (χ1) is 18.9. The van der Waals surface area contributed by atoms with Gasteiger partial charge < -0.3 is 24.8 Å². The van der Waals surface area contributed by atoms with Crippen molar-refractivity contribution < 1.29 is 33.4 Å². The van der Waals surface area contributed by atoms with Crippen molar-refractivity contribution in [3.05, 3.63) is 83.9 Å². The number of ketones is 1. The van der Waals surface area contributed by atoms with Crippen molar-refractivity contribution in [1.82, 2.24) is 10.6 Å². The number of carbonyl (C=O) groups excluding carboxylic acids is 4. The highest BCUT2D eigenvalue weighted by Crippen LogP contribution is 2.13. The fourth-order valence-electron chi connectivity index (χ4n) is 3.62. The Labute approximate surface area is 236 Å². The van der Waals surface area contributed by atoms with Crippen LogP contribution in [0.4, 0.5) is 4.79 Å². The topological polar surface area (TPSA) is 120 Å². The number of benzene rings is 2. The van der Waals surface area contributed by atoms with Gasteiger partial charge in [-0.05, 0) is 52.2 Å². The second-order valence-electron chi connectivity index (χ2n) is 10.6. The molecule has 2 aromatic rings. The lowest BCUT2D eigenvalue weighted by Crippen LogP contribution is -2.55. The van der Waals surface area contributed by atoms with Gasteiger partial charge in [-0.1, -0.05) is 66.2 Å². The van der Waals surface area contributed by atoms with Gasteiger partial charge in [0.1, 0.15) is 24.2 Å². The monoisotopic (exact) mass is 552 g/mol. The van der Waals surface area contributed by atoms with E-state index in [4.69, 9.17) is 14.2 Å². The molecule has 0 saturated carbocycles. The summed E-state index contributed by atoms with van der Waals surface area (Å²) in [7, 11) is 0. The van der Waals surface area contributed by atoms with Crippen molar-refractivity contribution in [1.29, 1.82) is 0 Å². The molecule has 2 N–H and O–H groups in total. The van der Waals surface area contributed by atoms with E-state index in [1.807, 2.05) is 60.7 Å². The van der Waals surface area contributed by atoms with E-state index in [2.05, 4.69) is 17.2 Å². The van der Waals surface area contributed by atoms with Crippen LogP contribution in [0.25, 0.3) is 0 Å². The Bertz CT molecular complexity index is 1140. The normalized spacial score (nSPS) is 13.3. The van der Waals surface area contributed by atoms with Gasteiger partial charge in [-0.25, -0.2) is 4.79 Å². The van der Waals surface area contributed by atoms with Gasteiger partial charge in [-0.2, -0.15) is 0 Å². The maximum absolute atomic E-state index is 13.3. The van der Waals surface area contributed by atoms with Crippen LogP contribution in [-0.4, -0.2) is 48.0 Å². The lowest BCUT2D eigenvalue weighted by molar-refractivity contribution is -0.153. The maximum atomic E-state index is 13.3. The Hall–Kier alpha value is -3.98. The van der Waals surface area contributed by atoms with Crippen molar-refractivity contribution in [3.63, 3.8) is 0 Å². The van der Waals surface area contributed by atoms with Crippen LogP contribution < -0.4 is 10.6 Å². The summed E-state index contributed by atoms with van der Waals surface area (Å²) >= 11 is 0. The number of carbonyl (C=O) groups is 4. The summed E-state index contributed by atoms with van der Waals surface area (Å²) in [5, 5.41) is 5.19. The van der Waals surface area contributed by atoms with Crippen molar-refractivity contribution in [2.75, 3.05) is 6.61 Å². The van der Waals surface area contributed by atoms with Crippen LogP contribution in [0.3, 0.4) is 0 Å². The van der Waals surface area contributed by atoms with E-state index in [9.17, 15) is 19.2 Å². The number of amides is 2. The molecule has 216 valence electrons. The number of rotatable bonds is 14. The van der Waals surface area contributed by atoms with Gasteiger partial charge in [-0.15, -0.1) is 6.58 Å². The molecular weight excluding hydrogens is 512 g/mol. The van der Waals surface area contributed by atoms with Gasteiger partial charge in [0.25, 0.3) is 0 Å². The van der Waals surface area contributed by atoms with E-state index in [-0.39, 0.29) is 26.2 Å². The number of alkyl carbamates (subject to hydrolysis) is 1. The first kappa shape index (κ1) is 32.2. The third-order valence-corrected chi connectivity index (χ3v) is 5.62. The molecule has 0 bridgehead atoms. The number of hydrogen-bond acceptors (Lipinski definition) is 7. The minimum atomic E-state index is -1.17. The van der Waals surface area contributed by atoms with Crippen molar-refractivity contribution >= 4 is 23.8 Å². The summed E-state index contributed by atoms with van der Waals surface area (Å²) in [6.07, 6.45) is -0.707. The third-order valence-electron chi connectivity index (χ3n) is 5.62. The summed E-state index contributed by atoms with van der Waals surface area (Å²) in [5.74, 6) is -3.04. The first-order valence-electron chi connectivity index (χ1n) is 13.2. The molecule has 0 aliphatic heterocycles. The van der Waals surface area contributed by atoms with E-state index >= 15 is 0 Å². The number of ether oxygens (including phenoxy) is 3. The molecule has 0 heterocycles. The van der Waals surface area contributed by atoms with Crippen LogP contribution in [0.2, 0.25) is 0 Å². The predicted octanol–water partition coefficient (Wildman–Crippen LogP) is 4.50. The molecule has 0 radical (unpaired) electrons. The second-order valence-corrected chi connectivity index (χ2v) is 10.6. The maximum Gasteiger partial charge on any atom is 0.408 e. The van der Waals surface area contributed by atoms with Crippen LogP contribution in [0.1, 0.15) is 52.2 Å². The SMILES string of the molecule is C=C(C)C[C@H](NC(=O)[C@H](COCc1ccccc1)NC(=O)OC(C)(C)C)C(=O)C(C)C(=O)OCc1ccccc1. The molecule has 0 aliphatic carbocycles. The average molecular weight is 553 g/mol. The molecule has 3 atom stereocenters. The molecule has 1 unspecified atom stereocenters. The molecule has 0 aromatic heterocycles. The molecule has 9 heteroatoms. The van der Waals surface area contributed by atoms with E-state index < -0.39 is 47.4 Å². The van der Waals surface area contributed by atoms with E-state index in [1.165, 1.54) is 6.92 Å². The molecule has 0 saturated heterocycles. The van der Waals surface area contributed by atoms with Gasteiger partial charge in [-0.3, -0.25) is 14.4 Å². The Morgan fingerprint density at radius 3 is 1.93 bits per heavy atom. The van der Waals surface area contributed by atoms with Crippen molar-refractivity contribution in [3.8, 4) is 0 Å². The highest BCUT2D eigenvalue weighted by molar-refractivity contribution is 6.03. The summed E-state index contributed by atoms with van der Waals surface area (Å²) in [6.45, 7) is 12.2. The standard InChI is InChI=1S/C31H40N2O7/c1-21(2)17-25(27(34)22(3)29(36)39-19-24-15-11-8-12-16-24)32-28(35)26(33-30(37)40-31(4,5)6)20-38-18-23-13-9-7-10-14-23/h7-16,22,25-26H,1,17-20H2,2-6H3,(H,32,35)(H,33,37)/t22?,25-,26-/m0/s1. The fourth-order valence-corrected chi connectivity index (χ4v) is 3.62. The van der Waals surface area contributed by atoms with Gasteiger partial charge in [0.15, 0.2) is 5.78 Å². The summed E-state index contributed by atoms with van der Waals surface area (Å²) in [5.41, 5.74) is 1.51. The van der Waals surface area contributed by atoms with Crippen molar-refractivity contribution in [2.24, 2.45) is 5.92 Å². The molecule has 2 rings (SSSR count). The van der Waals surface area contributed by atoms with Crippen LogP contribution in [0, 0.1) is 5.92 Å². The molecule has 0 spiro atoms. The highest BCUT2D eigenvalue weighted by atomic mass is 16.6. The molecule has 0 aliphatic rings. The number of hydrogen-bond donors (Lipinski definition) is 2. The Kier molecular flexibility index (Phi) is 12.5. The zero-order valence-electron chi connectivity index (χ0n) is 23.9. The molecule has 9 nitrogen and oxygen atoms in total. The molecule has 40 heavy (non-hydrogen) atoms. The first-order valence-corrected chi connectivity index (χ1v) is 13.2. The quantitative estimate of drug-likeness (QED) is 0.201. The van der Waals surface area contributed by atoms with Crippen LogP contribution in [0.15, 0.2) is 72.8 Å². The molecule has 0 fully saturated rings. The zero-order valence-corrected chi connectivity index (χ0v) is 23.9. The summed E-state index contributed by atoms with van der Waals surface area (Å²) in [6, 6.07) is 16.2. The average Bonchev–Trinajstić information content (AvgIpc) is 2.89. The second kappa shape index (κ2) is 15.6. The lowest BCUT2D eigenvalue weighted by Gasteiger charge is -2.26. The number of Topliss-reactive ketones (excluding diaryl/α,β-unsaturated/α-hetero) is 1. The van der Waals surface area contributed by atoms with Crippen LogP contribution >= 0.6 is 0 Å². The lowest BCUT2D eigenvalue weighted by atomic mass is 9.95. The largest absolute Gasteiger partial charge is 0.460 e. The minimum absolute atomic E-state index is 0.0233. The van der Waals surface area contributed by atoms with Crippen LogP contribution in [-0.2, 0) is 41.8 Å². The van der Waals surface area contributed by atoms with E-state index in [0.717, 1.165) is 11.1 Å². The van der Waals surface area contributed by atoms with Gasteiger partial charge in [0, 0.05) is 0 Å². The molecule has 2 aromatic carbocycles. The number of nitrogens with one attached hydrogen (secondary N) is 2. The smallest absolute Gasteiger partial charge is 0.408 e. The van der Waals surface area contributed by atoms with Gasteiger partial charge >= 0.3 is 12.1 Å². The van der Waals surface area contributed by atoms with E-state index in [0.29, 0.717) is 5.57 Å². The van der Waals surface area contributed by atoms with Crippen molar-refractivity contribution in [2.45, 2.75) is 71.9 Å². The Morgan fingerprint density at radius 1 is 0.850 bits per heavy atom. The molecule has 2 amide bonds. The zero-order chi connectivity index (χ0) is 29.7. The van der Waals surface area contributed by atoms with Gasteiger partial charge in [0.2, 0.25) is 5.91 Å². The highest BCUT2D eigenvalue weighted by Gasteiger charge is 2.33. The summed E-state index contributed by atoms with van der Waals surface area (Å²) < 4.78 is 16.3. The minimum Gasteiger partial charge on any atom is -0.460 e. The molecular formula is C31H40N2O7. The number of esters is 1. The van der Waals surface area contributed by atoms with E-state index in [1.54, 1.807) is 27.7 Å².